The zero-order chi connectivity index (χ0) is 7.40. The van der Waals surface area contributed by atoms with Crippen molar-refractivity contribution in [3.8, 4) is 0 Å². The Labute approximate surface area is 74.5 Å². The summed E-state index contributed by atoms with van der Waals surface area (Å²) in [5, 5.41) is 0. The van der Waals surface area contributed by atoms with E-state index in [4.69, 9.17) is 0 Å². The molecule has 0 N–H and O–H groups in total. The van der Waals surface area contributed by atoms with Crippen molar-refractivity contribution in [2.45, 2.75) is 17.3 Å². The van der Waals surface area contributed by atoms with Crippen LogP contribution < -0.4 is 0 Å². The molecule has 0 aliphatic carbocycles. The van der Waals surface area contributed by atoms with E-state index in [1.165, 1.54) is 23.7 Å². The zero-order valence-corrected chi connectivity index (χ0v) is 8.79. The van der Waals surface area contributed by atoms with Gasteiger partial charge in [0.15, 0.2) is 0 Å². The first-order valence-electron chi connectivity index (χ1n) is 3.57. The minimum Gasteiger partial charge on any atom is -0.170 e. The number of thioether (sulfide) groups is 2. The molecule has 1 saturated heterocycles. The normalized spacial score (nSPS) is 24.5. The Kier molecular flexibility index (Phi) is 4.26. The lowest BCUT2D eigenvalue weighted by atomic mass is 10.6. The summed E-state index contributed by atoms with van der Waals surface area (Å²) in [5.74, 6) is 8.14. The van der Waals surface area contributed by atoms with Gasteiger partial charge < -0.3 is 0 Å². The van der Waals surface area contributed by atoms with Crippen molar-refractivity contribution in [1.82, 2.24) is 0 Å². The van der Waals surface area contributed by atoms with Gasteiger partial charge >= 0.3 is 0 Å². The van der Waals surface area contributed by atoms with Crippen molar-refractivity contribution < 1.29 is 0 Å². The summed E-state index contributed by atoms with van der Waals surface area (Å²) in [7, 11) is 0.412. The molecule has 1 aliphatic heterocycles. The predicted octanol–water partition coefficient (Wildman–Crippen LogP) is 2.86. The van der Waals surface area contributed by atoms with Gasteiger partial charge in [-0.05, 0) is 23.7 Å². The lowest BCUT2D eigenvalue weighted by molar-refractivity contribution is 1.12. The fourth-order valence-electron chi connectivity index (χ4n) is 0.795. The highest BCUT2D eigenvalue weighted by Gasteiger charge is 2.14. The molecule has 0 aromatic heterocycles. The summed E-state index contributed by atoms with van der Waals surface area (Å²) in [6, 6.07) is 0. The average Bonchev–Trinajstić information content (AvgIpc) is 2.05. The highest BCUT2D eigenvalue weighted by molar-refractivity contribution is 8.37. The van der Waals surface area contributed by atoms with E-state index < -0.39 is 0 Å². The molecule has 1 aliphatic rings. The van der Waals surface area contributed by atoms with Crippen LogP contribution in [0.1, 0.15) is 13.3 Å². The van der Waals surface area contributed by atoms with Crippen LogP contribution in [0.25, 0.3) is 0 Å². The summed E-state index contributed by atoms with van der Waals surface area (Å²) in [4.78, 5) is 0. The standard InChI is InChI=1S/C7H14S3/c1-3-10(2)7-8-5-4-6-9-7/h7H,2-6H2,1H3. The monoisotopic (exact) mass is 194 g/mol. The van der Waals surface area contributed by atoms with Gasteiger partial charge in [-0.2, -0.15) is 10.5 Å². The van der Waals surface area contributed by atoms with Crippen LogP contribution in [0.15, 0.2) is 0 Å². The van der Waals surface area contributed by atoms with E-state index in [9.17, 15) is 0 Å². The van der Waals surface area contributed by atoms with E-state index in [0.29, 0.717) is 10.5 Å². The van der Waals surface area contributed by atoms with E-state index >= 15 is 0 Å². The van der Waals surface area contributed by atoms with Crippen LogP contribution in [0.5, 0.6) is 0 Å². The zero-order valence-electron chi connectivity index (χ0n) is 6.34. The number of rotatable bonds is 2. The summed E-state index contributed by atoms with van der Waals surface area (Å²) in [5.41, 5.74) is 0. The summed E-state index contributed by atoms with van der Waals surface area (Å²) in [6.07, 6.45) is 1.40. The molecule has 0 aromatic carbocycles. The molecule has 3 heteroatoms. The first-order valence-corrected chi connectivity index (χ1v) is 7.29. The SMILES string of the molecule is C=S(CC)C1SCCCS1. The Morgan fingerprint density at radius 1 is 1.50 bits per heavy atom. The molecule has 60 valence electrons. The second-order valence-electron chi connectivity index (χ2n) is 2.21. The third kappa shape index (κ3) is 2.51. The van der Waals surface area contributed by atoms with Crippen LogP contribution in [0.2, 0.25) is 0 Å². The molecule has 0 saturated carbocycles. The van der Waals surface area contributed by atoms with E-state index in [1.807, 2.05) is 0 Å². The Morgan fingerprint density at radius 3 is 2.60 bits per heavy atom. The summed E-state index contributed by atoms with van der Waals surface area (Å²) < 4.78 is 0.818. The Balaban J connectivity index is 2.31. The highest BCUT2D eigenvalue weighted by atomic mass is 32.3. The van der Waals surface area contributed by atoms with Crippen molar-refractivity contribution in [2.24, 2.45) is 0 Å². The van der Waals surface area contributed by atoms with Crippen LogP contribution in [0, 0.1) is 0 Å². The van der Waals surface area contributed by atoms with Crippen LogP contribution in [0.3, 0.4) is 0 Å². The van der Waals surface area contributed by atoms with Crippen molar-refractivity contribution >= 4 is 39.9 Å². The maximum Gasteiger partial charge on any atom is 0.0904 e. The molecule has 0 radical (unpaired) electrons. The van der Waals surface area contributed by atoms with Crippen LogP contribution >= 0.6 is 34.0 Å². The van der Waals surface area contributed by atoms with Gasteiger partial charge in [0.05, 0.1) is 3.91 Å². The maximum absolute atomic E-state index is 4.17. The topological polar surface area (TPSA) is 0 Å². The van der Waals surface area contributed by atoms with Gasteiger partial charge in [-0.25, -0.2) is 0 Å². The molecule has 1 atom stereocenters. The van der Waals surface area contributed by atoms with E-state index in [2.05, 4.69) is 36.3 Å². The second kappa shape index (κ2) is 4.73. The second-order valence-corrected chi connectivity index (χ2v) is 7.65. The molecular weight excluding hydrogens is 180 g/mol. The maximum atomic E-state index is 4.17. The van der Waals surface area contributed by atoms with Crippen LogP contribution in [-0.4, -0.2) is 27.0 Å². The molecule has 1 heterocycles. The fraction of sp³-hybridized carbons (Fsp3) is 0.857. The Morgan fingerprint density at radius 2 is 2.10 bits per heavy atom. The first-order chi connectivity index (χ1) is 4.84. The lowest BCUT2D eigenvalue weighted by Gasteiger charge is -2.22. The minimum atomic E-state index is 0.412. The molecule has 0 bridgehead atoms. The highest BCUT2D eigenvalue weighted by Crippen LogP contribution is 2.41. The predicted molar refractivity (Wildman–Crippen MR) is 58.6 cm³/mol. The van der Waals surface area contributed by atoms with Gasteiger partial charge in [-0.15, -0.1) is 23.5 Å². The quantitative estimate of drug-likeness (QED) is 0.620. The molecular formula is C7H14S3. The van der Waals surface area contributed by atoms with Crippen molar-refractivity contribution in [3.05, 3.63) is 0 Å². The van der Waals surface area contributed by atoms with Crippen molar-refractivity contribution in [2.75, 3.05) is 17.3 Å². The molecule has 0 aromatic rings. The Hall–Kier alpha value is 0.920. The molecule has 0 nitrogen and oxygen atoms in total. The largest absolute Gasteiger partial charge is 0.170 e. The van der Waals surface area contributed by atoms with Gasteiger partial charge in [-0.1, -0.05) is 12.8 Å². The minimum absolute atomic E-state index is 0.412. The van der Waals surface area contributed by atoms with E-state index in [1.54, 1.807) is 0 Å². The van der Waals surface area contributed by atoms with E-state index in [-0.39, 0.29) is 0 Å². The number of hydrogen-bond acceptors (Lipinski definition) is 2. The lowest BCUT2D eigenvalue weighted by Crippen LogP contribution is -2.04. The van der Waals surface area contributed by atoms with Crippen molar-refractivity contribution in [3.63, 3.8) is 0 Å². The molecule has 0 spiro atoms. The van der Waals surface area contributed by atoms with Crippen LogP contribution in [0.4, 0.5) is 0 Å². The summed E-state index contributed by atoms with van der Waals surface area (Å²) >= 11 is 4.22. The third-order valence-corrected chi connectivity index (χ3v) is 7.58. The van der Waals surface area contributed by atoms with Gasteiger partial charge in [0.1, 0.15) is 0 Å². The molecule has 10 heavy (non-hydrogen) atoms. The van der Waals surface area contributed by atoms with Crippen LogP contribution in [-0.2, 0) is 0 Å². The Bertz CT molecular complexity index is 116. The molecule has 1 fully saturated rings. The molecule has 1 rings (SSSR count). The summed E-state index contributed by atoms with van der Waals surface area (Å²) in [6.45, 7) is 2.24. The average molecular weight is 194 g/mol. The van der Waals surface area contributed by atoms with Gasteiger partial charge in [0.25, 0.3) is 0 Å². The molecule has 0 amide bonds. The first kappa shape index (κ1) is 9.01. The van der Waals surface area contributed by atoms with Gasteiger partial charge in [0.2, 0.25) is 0 Å². The van der Waals surface area contributed by atoms with Gasteiger partial charge in [-0.3, -0.25) is 0 Å². The van der Waals surface area contributed by atoms with Crippen molar-refractivity contribution in [1.29, 1.82) is 0 Å². The molecule has 1 unspecified atom stereocenters. The third-order valence-electron chi connectivity index (χ3n) is 1.44. The van der Waals surface area contributed by atoms with Gasteiger partial charge in [0, 0.05) is 0 Å². The smallest absolute Gasteiger partial charge is 0.0904 e. The number of hydrogen-bond donors (Lipinski definition) is 0. The fourth-order valence-corrected chi connectivity index (χ4v) is 6.15. The van der Waals surface area contributed by atoms with E-state index in [0.717, 1.165) is 3.91 Å².